The van der Waals surface area contributed by atoms with Crippen molar-refractivity contribution >= 4 is 5.97 Å². The van der Waals surface area contributed by atoms with Crippen molar-refractivity contribution in [3.05, 3.63) is 35.1 Å². The lowest BCUT2D eigenvalue weighted by molar-refractivity contribution is -0.0154. The van der Waals surface area contributed by atoms with Crippen molar-refractivity contribution in [2.75, 3.05) is 13.7 Å². The van der Waals surface area contributed by atoms with E-state index in [0.29, 0.717) is 0 Å². The summed E-state index contributed by atoms with van der Waals surface area (Å²) in [5.74, 6) is -1.50. The molecule has 0 spiro atoms. The molecule has 0 radical (unpaired) electrons. The Morgan fingerprint density at radius 2 is 2.06 bits per heavy atom. The molecule has 5 nitrogen and oxygen atoms in total. The third kappa shape index (κ3) is 3.23. The fourth-order valence-electron chi connectivity index (χ4n) is 1.34. The van der Waals surface area contributed by atoms with Crippen molar-refractivity contribution < 1.29 is 29.2 Å². The minimum Gasteiger partial charge on any atom is -0.465 e. The first-order valence-corrected chi connectivity index (χ1v) is 4.85. The second kappa shape index (κ2) is 5.72. The number of halogens is 1. The number of carbonyl (C=O) groups is 1. The molecule has 17 heavy (non-hydrogen) atoms. The van der Waals surface area contributed by atoms with E-state index in [-0.39, 0.29) is 11.1 Å². The maximum Gasteiger partial charge on any atom is 0.337 e. The van der Waals surface area contributed by atoms with Crippen molar-refractivity contribution in [2.45, 2.75) is 12.2 Å². The van der Waals surface area contributed by atoms with Crippen LogP contribution in [0.1, 0.15) is 22.0 Å². The zero-order chi connectivity index (χ0) is 13.0. The molecule has 0 heterocycles. The van der Waals surface area contributed by atoms with Crippen LogP contribution in [-0.4, -0.2) is 41.1 Å². The van der Waals surface area contributed by atoms with Crippen molar-refractivity contribution in [1.82, 2.24) is 0 Å². The normalized spacial score (nSPS) is 14.2. The van der Waals surface area contributed by atoms with Gasteiger partial charge in [0.25, 0.3) is 0 Å². The Hall–Kier alpha value is -1.50. The SMILES string of the molecule is COC(=O)c1cc(F)cc(C(O)C(O)CO)c1. The van der Waals surface area contributed by atoms with Gasteiger partial charge in [0.15, 0.2) is 0 Å². The Balaban J connectivity index is 3.09. The highest BCUT2D eigenvalue weighted by molar-refractivity contribution is 5.89. The monoisotopic (exact) mass is 244 g/mol. The van der Waals surface area contributed by atoms with Crippen LogP contribution in [0, 0.1) is 5.82 Å². The summed E-state index contributed by atoms with van der Waals surface area (Å²) in [6.45, 7) is -0.675. The quantitative estimate of drug-likeness (QED) is 0.649. The molecule has 3 N–H and O–H groups in total. The van der Waals surface area contributed by atoms with Gasteiger partial charge in [0.2, 0.25) is 0 Å². The zero-order valence-electron chi connectivity index (χ0n) is 9.13. The Morgan fingerprint density at radius 1 is 1.41 bits per heavy atom. The summed E-state index contributed by atoms with van der Waals surface area (Å²) in [6, 6.07) is 3.11. The van der Waals surface area contributed by atoms with Gasteiger partial charge in [-0.1, -0.05) is 0 Å². The summed E-state index contributed by atoms with van der Waals surface area (Å²) in [5, 5.41) is 27.4. The van der Waals surface area contributed by atoms with Crippen LogP contribution >= 0.6 is 0 Å². The van der Waals surface area contributed by atoms with E-state index < -0.39 is 30.6 Å². The minimum absolute atomic E-state index is 0.00745. The van der Waals surface area contributed by atoms with E-state index in [2.05, 4.69) is 4.74 Å². The molecule has 0 saturated heterocycles. The molecule has 0 aromatic heterocycles. The molecule has 2 atom stereocenters. The molecule has 6 heteroatoms. The van der Waals surface area contributed by atoms with Gasteiger partial charge >= 0.3 is 5.97 Å². The molecule has 2 unspecified atom stereocenters. The van der Waals surface area contributed by atoms with Crippen LogP contribution in [0.2, 0.25) is 0 Å². The number of hydrogen-bond acceptors (Lipinski definition) is 5. The smallest absolute Gasteiger partial charge is 0.337 e. The average Bonchev–Trinajstić information content (AvgIpc) is 2.35. The average molecular weight is 244 g/mol. The third-order valence-electron chi connectivity index (χ3n) is 2.23. The molecule has 0 amide bonds. The fraction of sp³-hybridized carbons (Fsp3) is 0.364. The predicted octanol–water partition coefficient (Wildman–Crippen LogP) is -0.00110. The molecular formula is C11H13FO5. The van der Waals surface area contributed by atoms with Gasteiger partial charge in [-0.05, 0) is 23.8 Å². The summed E-state index contributed by atoms with van der Waals surface area (Å²) >= 11 is 0. The molecule has 0 aliphatic heterocycles. The summed E-state index contributed by atoms with van der Waals surface area (Å²) in [4.78, 5) is 11.2. The largest absolute Gasteiger partial charge is 0.465 e. The van der Waals surface area contributed by atoms with Crippen LogP contribution in [0.3, 0.4) is 0 Å². The molecule has 94 valence electrons. The third-order valence-corrected chi connectivity index (χ3v) is 2.23. The van der Waals surface area contributed by atoms with E-state index in [1.54, 1.807) is 0 Å². The minimum atomic E-state index is -1.47. The van der Waals surface area contributed by atoms with E-state index in [1.807, 2.05) is 0 Å². The fourth-order valence-corrected chi connectivity index (χ4v) is 1.34. The highest BCUT2D eigenvalue weighted by atomic mass is 19.1. The molecule has 0 bridgehead atoms. The van der Waals surface area contributed by atoms with Gasteiger partial charge in [-0.3, -0.25) is 0 Å². The summed E-state index contributed by atoms with van der Waals surface area (Å²) in [7, 11) is 1.14. The Labute approximate surface area is 97.1 Å². The summed E-state index contributed by atoms with van der Waals surface area (Å²) in [5.41, 5.74) is -0.0846. The molecule has 1 aromatic carbocycles. The van der Waals surface area contributed by atoms with Gasteiger partial charge in [0.05, 0.1) is 19.3 Å². The highest BCUT2D eigenvalue weighted by Crippen LogP contribution is 2.20. The van der Waals surface area contributed by atoms with Gasteiger partial charge in [-0.15, -0.1) is 0 Å². The van der Waals surface area contributed by atoms with Crippen molar-refractivity contribution in [1.29, 1.82) is 0 Å². The molecule has 0 fully saturated rings. The van der Waals surface area contributed by atoms with Crippen LogP contribution < -0.4 is 0 Å². The first-order chi connectivity index (χ1) is 7.99. The molecule has 1 aromatic rings. The van der Waals surface area contributed by atoms with Crippen LogP contribution in [0.15, 0.2) is 18.2 Å². The van der Waals surface area contributed by atoms with E-state index in [0.717, 1.165) is 19.2 Å². The Morgan fingerprint density at radius 3 is 2.59 bits per heavy atom. The first-order valence-electron chi connectivity index (χ1n) is 4.85. The van der Waals surface area contributed by atoms with Gasteiger partial charge < -0.3 is 20.1 Å². The van der Waals surface area contributed by atoms with Crippen LogP contribution in [0.5, 0.6) is 0 Å². The topological polar surface area (TPSA) is 87.0 Å². The van der Waals surface area contributed by atoms with Gasteiger partial charge in [0, 0.05) is 0 Å². The van der Waals surface area contributed by atoms with Crippen molar-refractivity contribution in [3.63, 3.8) is 0 Å². The van der Waals surface area contributed by atoms with Crippen molar-refractivity contribution in [2.24, 2.45) is 0 Å². The molecule has 0 saturated carbocycles. The van der Waals surface area contributed by atoms with Gasteiger partial charge in [-0.25, -0.2) is 9.18 Å². The number of aliphatic hydroxyl groups excluding tert-OH is 3. The maximum atomic E-state index is 13.2. The molecule has 0 aliphatic rings. The first kappa shape index (κ1) is 13.6. The zero-order valence-corrected chi connectivity index (χ0v) is 9.13. The lowest BCUT2D eigenvalue weighted by atomic mass is 10.0. The number of benzene rings is 1. The van der Waals surface area contributed by atoms with E-state index in [9.17, 15) is 19.4 Å². The molecule has 0 aliphatic carbocycles. The maximum absolute atomic E-state index is 13.2. The number of esters is 1. The number of ether oxygens (including phenoxy) is 1. The number of carbonyl (C=O) groups excluding carboxylic acids is 1. The van der Waals surface area contributed by atoms with Crippen LogP contribution in [-0.2, 0) is 4.74 Å². The van der Waals surface area contributed by atoms with E-state index >= 15 is 0 Å². The van der Waals surface area contributed by atoms with Crippen molar-refractivity contribution in [3.8, 4) is 0 Å². The van der Waals surface area contributed by atoms with Gasteiger partial charge in [-0.2, -0.15) is 0 Å². The van der Waals surface area contributed by atoms with E-state index in [4.69, 9.17) is 5.11 Å². The van der Waals surface area contributed by atoms with Crippen LogP contribution in [0.4, 0.5) is 4.39 Å². The molecule has 1 rings (SSSR count). The second-order valence-corrected chi connectivity index (χ2v) is 3.46. The summed E-state index contributed by atoms with van der Waals surface area (Å²) in [6.07, 6.45) is -2.92. The number of aliphatic hydroxyl groups is 3. The lowest BCUT2D eigenvalue weighted by Gasteiger charge is -2.16. The lowest BCUT2D eigenvalue weighted by Crippen LogP contribution is -2.22. The van der Waals surface area contributed by atoms with Crippen LogP contribution in [0.25, 0.3) is 0 Å². The Kier molecular flexibility index (Phi) is 4.56. The predicted molar refractivity (Wildman–Crippen MR) is 55.8 cm³/mol. The number of methoxy groups -OCH3 is 1. The Bertz CT molecular complexity index is 407. The van der Waals surface area contributed by atoms with E-state index in [1.165, 1.54) is 6.07 Å². The van der Waals surface area contributed by atoms with Gasteiger partial charge in [0.1, 0.15) is 18.0 Å². The standard InChI is InChI=1S/C11H13FO5/c1-17-11(16)7-2-6(3-8(12)4-7)10(15)9(14)5-13/h2-4,9-10,13-15H,5H2,1H3. The highest BCUT2D eigenvalue weighted by Gasteiger charge is 2.20. The second-order valence-electron chi connectivity index (χ2n) is 3.46. The number of rotatable bonds is 4. The summed E-state index contributed by atoms with van der Waals surface area (Å²) < 4.78 is 17.6. The number of hydrogen-bond donors (Lipinski definition) is 3. The molecular weight excluding hydrogens is 231 g/mol.